The first-order valence-corrected chi connectivity index (χ1v) is 7.35. The van der Waals surface area contributed by atoms with Crippen LogP contribution in [0.3, 0.4) is 0 Å². The Morgan fingerprint density at radius 1 is 1.33 bits per heavy atom. The summed E-state index contributed by atoms with van der Waals surface area (Å²) < 4.78 is 0. The fraction of sp³-hybridized carbons (Fsp3) is 0.353. The fourth-order valence-corrected chi connectivity index (χ4v) is 2.86. The van der Waals surface area contributed by atoms with Crippen molar-refractivity contribution in [3.63, 3.8) is 0 Å². The van der Waals surface area contributed by atoms with Gasteiger partial charge in [-0.15, -0.1) is 0 Å². The van der Waals surface area contributed by atoms with Crippen LogP contribution in [0.1, 0.15) is 33.3 Å². The molecule has 1 aromatic rings. The second-order valence-electron chi connectivity index (χ2n) is 5.62. The van der Waals surface area contributed by atoms with E-state index in [4.69, 9.17) is 9.83 Å². The maximum atomic E-state index is 5.28. The second-order valence-corrected chi connectivity index (χ2v) is 5.62. The number of rotatable bonds is 4. The fourth-order valence-electron chi connectivity index (χ4n) is 2.86. The van der Waals surface area contributed by atoms with Crippen LogP contribution in [0.15, 0.2) is 47.5 Å². The zero-order chi connectivity index (χ0) is 15.5. The van der Waals surface area contributed by atoms with Gasteiger partial charge in [-0.05, 0) is 57.0 Å². The lowest BCUT2D eigenvalue weighted by Crippen LogP contribution is -2.32. The van der Waals surface area contributed by atoms with Crippen LogP contribution in [0.5, 0.6) is 5.75 Å². The molecule has 0 bridgehead atoms. The number of hydrogen-bond acceptors (Lipinski definition) is 3. The molecule has 1 aliphatic rings. The van der Waals surface area contributed by atoms with Gasteiger partial charge in [-0.1, -0.05) is 24.3 Å². The van der Waals surface area contributed by atoms with Crippen molar-refractivity contribution >= 4 is 19.3 Å². The Bertz CT molecular complexity index is 589. The van der Waals surface area contributed by atoms with E-state index in [9.17, 15) is 0 Å². The molecule has 1 heterocycles. The quantitative estimate of drug-likeness (QED) is 0.523. The molecule has 0 saturated heterocycles. The normalized spacial score (nSPS) is 25.6. The zero-order valence-electron chi connectivity index (χ0n) is 13.5. The molecule has 0 saturated carbocycles. The van der Waals surface area contributed by atoms with Crippen LogP contribution in [0.25, 0.3) is 5.57 Å². The van der Waals surface area contributed by atoms with Crippen LogP contribution in [-0.2, 0) is 0 Å². The first-order valence-electron chi connectivity index (χ1n) is 7.35. The van der Waals surface area contributed by atoms with Crippen molar-refractivity contribution in [2.24, 2.45) is 10.4 Å². The molecule has 1 N–H and O–H groups in total. The summed E-state index contributed by atoms with van der Waals surface area (Å²) in [5.41, 5.74) is 3.51. The van der Waals surface area contributed by atoms with Gasteiger partial charge in [0.1, 0.15) is 5.75 Å². The zero-order valence-corrected chi connectivity index (χ0v) is 13.5. The smallest absolute Gasteiger partial charge is 0.231 e. The van der Waals surface area contributed by atoms with Gasteiger partial charge in [0.15, 0.2) is 0 Å². The first-order chi connectivity index (χ1) is 10.0. The Labute approximate surface area is 128 Å². The second kappa shape index (κ2) is 6.31. The van der Waals surface area contributed by atoms with Crippen molar-refractivity contribution in [2.45, 2.75) is 33.7 Å². The Hall–Kier alpha value is -1.81. The number of nitrogens with one attached hydrogen (secondary N) is 1. The van der Waals surface area contributed by atoms with Gasteiger partial charge in [-0.3, -0.25) is 4.99 Å². The summed E-state index contributed by atoms with van der Waals surface area (Å²) >= 11 is 0. The van der Waals surface area contributed by atoms with Crippen molar-refractivity contribution < 1.29 is 4.84 Å². The van der Waals surface area contributed by atoms with Gasteiger partial charge < -0.3 is 4.84 Å². The molecule has 110 valence electrons. The topological polar surface area (TPSA) is 33.6 Å². The molecule has 2 rings (SSSR count). The summed E-state index contributed by atoms with van der Waals surface area (Å²) in [5, 5.41) is 2.69. The highest BCUT2D eigenvalue weighted by molar-refractivity contribution is 6.03. The predicted molar refractivity (Wildman–Crippen MR) is 92.2 cm³/mol. The third kappa shape index (κ3) is 3.11. The van der Waals surface area contributed by atoms with Gasteiger partial charge in [0, 0.05) is 11.1 Å². The van der Waals surface area contributed by atoms with Crippen molar-refractivity contribution in [1.29, 1.82) is 0 Å². The molecule has 2 unspecified atom stereocenters. The molecule has 1 aromatic carbocycles. The van der Waals surface area contributed by atoms with Gasteiger partial charge in [-0.25, -0.2) is 5.39 Å². The average molecular weight is 282 g/mol. The summed E-state index contributed by atoms with van der Waals surface area (Å²) in [5.74, 6) is 0.809. The number of benzene rings is 1. The molecule has 4 heteroatoms. The van der Waals surface area contributed by atoms with E-state index in [1.165, 1.54) is 11.1 Å². The summed E-state index contributed by atoms with van der Waals surface area (Å²) in [4.78, 5) is 10.0. The van der Waals surface area contributed by atoms with E-state index >= 15 is 0 Å². The Balaban J connectivity index is 2.44. The average Bonchev–Trinajstić information content (AvgIpc) is 2.45. The van der Waals surface area contributed by atoms with E-state index in [0.29, 0.717) is 0 Å². The molecule has 0 amide bonds. The van der Waals surface area contributed by atoms with E-state index in [-0.39, 0.29) is 11.5 Å². The molecular formula is C17H23BN2O. The van der Waals surface area contributed by atoms with Gasteiger partial charge in [-0.2, -0.15) is 0 Å². The van der Waals surface area contributed by atoms with E-state index in [1.54, 1.807) is 7.98 Å². The van der Waals surface area contributed by atoms with Crippen LogP contribution in [0.2, 0.25) is 0 Å². The number of aliphatic imine (C=N–C) groups is 1. The lowest BCUT2D eigenvalue weighted by atomic mass is 9.71. The molecule has 0 radical (unpaired) electrons. The van der Waals surface area contributed by atoms with Crippen molar-refractivity contribution in [3.8, 4) is 5.75 Å². The van der Waals surface area contributed by atoms with E-state index in [1.807, 2.05) is 12.1 Å². The third-order valence-electron chi connectivity index (χ3n) is 4.10. The van der Waals surface area contributed by atoms with E-state index in [0.717, 1.165) is 11.5 Å². The molecule has 2 atom stereocenters. The number of hydrogen-bond donors (Lipinski definition) is 1. The minimum Gasteiger partial charge on any atom is -0.421 e. The summed E-state index contributed by atoms with van der Waals surface area (Å²) in [6, 6.07) is 8.39. The standard InChI is InChI=1S/C17H23BN2O/c1-5-10-17(4)13(3)19-12(2)11-16(17)14-6-8-15(9-7-14)21-20-18/h5-11,13,20H,18H2,1-4H3/b10-5-. The Kier molecular flexibility index (Phi) is 4.68. The molecule has 21 heavy (non-hydrogen) atoms. The van der Waals surface area contributed by atoms with Crippen LogP contribution in [0, 0.1) is 5.41 Å². The number of allylic oxidation sites excluding steroid dienone is 2. The van der Waals surface area contributed by atoms with Crippen molar-refractivity contribution in [1.82, 2.24) is 5.39 Å². The Morgan fingerprint density at radius 2 is 2.00 bits per heavy atom. The highest BCUT2D eigenvalue weighted by atomic mass is 16.6. The minimum absolute atomic E-state index is 0.0837. The molecular weight excluding hydrogens is 259 g/mol. The van der Waals surface area contributed by atoms with Crippen LogP contribution in [-0.4, -0.2) is 19.7 Å². The molecule has 0 aliphatic carbocycles. The monoisotopic (exact) mass is 282 g/mol. The number of nitrogens with zero attached hydrogens (tertiary/aromatic N) is 1. The number of dihydropyridines is 1. The molecule has 0 aromatic heterocycles. The van der Waals surface area contributed by atoms with Crippen LogP contribution >= 0.6 is 0 Å². The van der Waals surface area contributed by atoms with Crippen molar-refractivity contribution in [3.05, 3.63) is 48.1 Å². The lowest BCUT2D eigenvalue weighted by Gasteiger charge is -2.37. The predicted octanol–water partition coefficient (Wildman–Crippen LogP) is 2.95. The largest absolute Gasteiger partial charge is 0.421 e. The third-order valence-corrected chi connectivity index (χ3v) is 4.10. The molecule has 3 nitrogen and oxygen atoms in total. The highest BCUT2D eigenvalue weighted by Crippen LogP contribution is 2.43. The van der Waals surface area contributed by atoms with Crippen molar-refractivity contribution in [2.75, 3.05) is 0 Å². The molecule has 1 aliphatic heterocycles. The van der Waals surface area contributed by atoms with Gasteiger partial charge in [0.2, 0.25) is 7.98 Å². The maximum Gasteiger partial charge on any atom is 0.231 e. The molecule has 0 spiro atoms. The summed E-state index contributed by atoms with van der Waals surface area (Å²) in [6.07, 6.45) is 6.55. The first kappa shape index (κ1) is 15.6. The van der Waals surface area contributed by atoms with E-state index < -0.39 is 0 Å². The lowest BCUT2D eigenvalue weighted by molar-refractivity contribution is 0.277. The van der Waals surface area contributed by atoms with Crippen LogP contribution < -0.4 is 10.2 Å². The SMILES string of the molecule is BNOc1ccc(C2=CC(C)=NC(C)C2(C)/C=C\C)cc1. The highest BCUT2D eigenvalue weighted by Gasteiger charge is 2.35. The van der Waals surface area contributed by atoms with Gasteiger partial charge in [0.25, 0.3) is 0 Å². The summed E-state index contributed by atoms with van der Waals surface area (Å²) in [7, 11) is 1.75. The Morgan fingerprint density at radius 3 is 2.57 bits per heavy atom. The minimum atomic E-state index is -0.0837. The maximum absolute atomic E-state index is 5.28. The van der Waals surface area contributed by atoms with Crippen LogP contribution in [0.4, 0.5) is 0 Å². The molecule has 0 fully saturated rings. The van der Waals surface area contributed by atoms with Gasteiger partial charge in [0.05, 0.1) is 6.04 Å². The van der Waals surface area contributed by atoms with Gasteiger partial charge >= 0.3 is 0 Å². The van der Waals surface area contributed by atoms with E-state index in [2.05, 4.69) is 63.4 Å². The summed E-state index contributed by atoms with van der Waals surface area (Å²) in [6.45, 7) is 8.54.